The van der Waals surface area contributed by atoms with Crippen LogP contribution < -0.4 is 4.72 Å². The molecule has 0 aliphatic rings. The van der Waals surface area contributed by atoms with Crippen LogP contribution in [0.5, 0.6) is 0 Å². The molecule has 0 aliphatic carbocycles. The zero-order valence-corrected chi connectivity index (χ0v) is 20.1. The predicted octanol–water partition coefficient (Wildman–Crippen LogP) is 5.17. The highest BCUT2D eigenvalue weighted by Gasteiger charge is 2.14. The van der Waals surface area contributed by atoms with Gasteiger partial charge in [0.05, 0.1) is 34.1 Å². The van der Waals surface area contributed by atoms with Crippen molar-refractivity contribution in [1.29, 1.82) is 5.26 Å². The third-order valence-corrected chi connectivity index (χ3v) is 7.50. The molecule has 4 aromatic carbocycles. The van der Waals surface area contributed by atoms with E-state index in [-0.39, 0.29) is 5.75 Å². The summed E-state index contributed by atoms with van der Waals surface area (Å²) >= 11 is 0. The maximum absolute atomic E-state index is 12.9. The summed E-state index contributed by atoms with van der Waals surface area (Å²) in [5.74, 6) is 0.853. The Morgan fingerprint density at radius 3 is 2.54 bits per heavy atom. The Morgan fingerprint density at radius 1 is 0.971 bits per heavy atom. The molecule has 0 bridgehead atoms. The molecule has 0 atom stereocenters. The van der Waals surface area contributed by atoms with Crippen LogP contribution >= 0.6 is 0 Å². The van der Waals surface area contributed by atoms with Crippen molar-refractivity contribution in [3.8, 4) is 6.07 Å². The van der Waals surface area contributed by atoms with Crippen molar-refractivity contribution in [2.24, 2.45) is 7.05 Å². The Balaban J connectivity index is 1.32. The Kier molecular flexibility index (Phi) is 5.98. The minimum atomic E-state index is -3.54. The number of aromatic nitrogens is 2. The molecule has 174 valence electrons. The minimum absolute atomic E-state index is 0.00872. The molecule has 0 aliphatic heterocycles. The molecule has 7 heteroatoms. The van der Waals surface area contributed by atoms with E-state index < -0.39 is 10.0 Å². The molecule has 0 saturated heterocycles. The first-order valence-electron chi connectivity index (χ1n) is 11.3. The van der Waals surface area contributed by atoms with Crippen LogP contribution in [-0.4, -0.2) is 23.7 Å². The lowest BCUT2D eigenvalue weighted by Gasteiger charge is -2.10. The lowest BCUT2D eigenvalue weighted by Crippen LogP contribution is -2.18. The molecule has 1 heterocycles. The SMILES string of the molecule is Cn1c(Cc2ccc(C#N)cc2)nc2cc(NS(=O)(=O)CCc3cccc4ccccc34)ccc21. The van der Waals surface area contributed by atoms with E-state index in [4.69, 9.17) is 10.2 Å². The second-order valence-electron chi connectivity index (χ2n) is 8.59. The normalized spacial score (nSPS) is 11.5. The Hall–Kier alpha value is -4.15. The fraction of sp³-hybridized carbons (Fsp3) is 0.143. The fourth-order valence-electron chi connectivity index (χ4n) is 4.34. The molecule has 0 spiro atoms. The van der Waals surface area contributed by atoms with Gasteiger partial charge in [-0.05, 0) is 58.7 Å². The monoisotopic (exact) mass is 480 g/mol. The minimum Gasteiger partial charge on any atom is -0.331 e. The maximum atomic E-state index is 12.9. The largest absolute Gasteiger partial charge is 0.331 e. The lowest BCUT2D eigenvalue weighted by atomic mass is 10.0. The molecule has 0 radical (unpaired) electrons. The molecule has 35 heavy (non-hydrogen) atoms. The number of hydrogen-bond donors (Lipinski definition) is 1. The number of nitrogens with zero attached hydrogens (tertiary/aromatic N) is 3. The number of aryl methyl sites for hydroxylation is 2. The lowest BCUT2D eigenvalue weighted by molar-refractivity contribution is 0.600. The highest BCUT2D eigenvalue weighted by atomic mass is 32.2. The van der Waals surface area contributed by atoms with Gasteiger partial charge in [-0.1, -0.05) is 54.6 Å². The van der Waals surface area contributed by atoms with Crippen LogP contribution in [0, 0.1) is 11.3 Å². The van der Waals surface area contributed by atoms with E-state index in [0.717, 1.165) is 38.8 Å². The second-order valence-corrected chi connectivity index (χ2v) is 10.4. The molecule has 5 aromatic rings. The van der Waals surface area contributed by atoms with Crippen LogP contribution in [0.2, 0.25) is 0 Å². The number of nitrogens with one attached hydrogen (secondary N) is 1. The van der Waals surface area contributed by atoms with Crippen molar-refractivity contribution in [3.05, 3.63) is 107 Å². The van der Waals surface area contributed by atoms with E-state index in [9.17, 15) is 8.42 Å². The number of hydrogen-bond acceptors (Lipinski definition) is 4. The first kappa shape index (κ1) is 22.6. The molecule has 0 amide bonds. The number of nitriles is 1. The van der Waals surface area contributed by atoms with Gasteiger partial charge in [0.1, 0.15) is 5.82 Å². The average molecular weight is 481 g/mol. The molecule has 6 nitrogen and oxygen atoms in total. The van der Waals surface area contributed by atoms with Gasteiger partial charge < -0.3 is 4.57 Å². The van der Waals surface area contributed by atoms with Crippen molar-refractivity contribution in [3.63, 3.8) is 0 Å². The van der Waals surface area contributed by atoms with Crippen LogP contribution in [0.1, 0.15) is 22.5 Å². The molecule has 1 N–H and O–H groups in total. The number of benzene rings is 4. The van der Waals surface area contributed by atoms with Crippen molar-refractivity contribution in [2.45, 2.75) is 12.8 Å². The van der Waals surface area contributed by atoms with Gasteiger partial charge in [-0.25, -0.2) is 13.4 Å². The van der Waals surface area contributed by atoms with Crippen LogP contribution in [-0.2, 0) is 29.9 Å². The Labute approximate surface area is 204 Å². The predicted molar refractivity (Wildman–Crippen MR) is 140 cm³/mol. The number of anilines is 1. The average Bonchev–Trinajstić information content (AvgIpc) is 3.17. The van der Waals surface area contributed by atoms with E-state index in [0.29, 0.717) is 24.1 Å². The third kappa shape index (κ3) is 4.88. The Morgan fingerprint density at radius 2 is 1.74 bits per heavy atom. The summed E-state index contributed by atoms with van der Waals surface area (Å²) in [6, 6.07) is 29.0. The van der Waals surface area contributed by atoms with Crippen molar-refractivity contribution in [2.75, 3.05) is 10.5 Å². The molecule has 5 rings (SSSR count). The van der Waals surface area contributed by atoms with E-state index in [1.807, 2.05) is 72.3 Å². The summed E-state index contributed by atoms with van der Waals surface area (Å²) in [4.78, 5) is 4.73. The summed E-state index contributed by atoms with van der Waals surface area (Å²) in [5.41, 5.74) is 4.84. The first-order valence-corrected chi connectivity index (χ1v) is 13.0. The topological polar surface area (TPSA) is 87.8 Å². The van der Waals surface area contributed by atoms with Crippen molar-refractivity contribution in [1.82, 2.24) is 9.55 Å². The zero-order valence-electron chi connectivity index (χ0n) is 19.3. The first-order chi connectivity index (χ1) is 16.9. The third-order valence-electron chi connectivity index (χ3n) is 6.21. The van der Waals surface area contributed by atoms with E-state index in [1.165, 1.54) is 0 Å². The van der Waals surface area contributed by atoms with E-state index in [2.05, 4.69) is 10.8 Å². The van der Waals surface area contributed by atoms with Gasteiger partial charge in [0, 0.05) is 13.5 Å². The van der Waals surface area contributed by atoms with Gasteiger partial charge in [-0.15, -0.1) is 0 Å². The van der Waals surface area contributed by atoms with Gasteiger partial charge in [0.25, 0.3) is 0 Å². The molecule has 0 fully saturated rings. The van der Waals surface area contributed by atoms with Gasteiger partial charge in [-0.2, -0.15) is 5.26 Å². The summed E-state index contributed by atoms with van der Waals surface area (Å²) in [6.45, 7) is 0. The quantitative estimate of drug-likeness (QED) is 0.348. The van der Waals surface area contributed by atoms with Crippen molar-refractivity contribution >= 4 is 37.5 Å². The molecule has 0 unspecified atom stereocenters. The van der Waals surface area contributed by atoms with Crippen LogP contribution in [0.4, 0.5) is 5.69 Å². The molecule has 1 aromatic heterocycles. The molecule has 0 saturated carbocycles. The fourth-order valence-corrected chi connectivity index (χ4v) is 5.41. The zero-order chi connectivity index (χ0) is 24.4. The van der Waals surface area contributed by atoms with Crippen LogP contribution in [0.15, 0.2) is 84.9 Å². The highest BCUT2D eigenvalue weighted by molar-refractivity contribution is 7.92. The number of fused-ring (bicyclic) bond motifs is 2. The van der Waals surface area contributed by atoms with E-state index >= 15 is 0 Å². The maximum Gasteiger partial charge on any atom is 0.233 e. The number of sulfonamides is 1. The number of rotatable bonds is 7. The van der Waals surface area contributed by atoms with Gasteiger partial charge in [0.15, 0.2) is 0 Å². The standard InChI is InChI=1S/C28H24N4O2S/c1-32-27-14-13-24(18-26(27)30-28(32)17-20-9-11-21(19-29)12-10-20)31-35(33,34)16-15-23-7-4-6-22-5-2-3-8-25(22)23/h2-14,18,31H,15-17H2,1H3. The summed E-state index contributed by atoms with van der Waals surface area (Å²) in [7, 11) is -1.59. The summed E-state index contributed by atoms with van der Waals surface area (Å²) in [6.07, 6.45) is 1.04. The summed E-state index contributed by atoms with van der Waals surface area (Å²) < 4.78 is 30.4. The van der Waals surface area contributed by atoms with Crippen molar-refractivity contribution < 1.29 is 8.42 Å². The van der Waals surface area contributed by atoms with Gasteiger partial charge in [0.2, 0.25) is 10.0 Å². The summed E-state index contributed by atoms with van der Waals surface area (Å²) in [5, 5.41) is 11.2. The van der Waals surface area contributed by atoms with Crippen LogP contribution in [0.25, 0.3) is 21.8 Å². The highest BCUT2D eigenvalue weighted by Crippen LogP contribution is 2.23. The Bertz CT molecular complexity index is 1680. The second kappa shape index (κ2) is 9.24. The van der Waals surface area contributed by atoms with E-state index in [1.54, 1.807) is 24.3 Å². The molecular formula is C28H24N4O2S. The van der Waals surface area contributed by atoms with Gasteiger partial charge in [-0.3, -0.25) is 4.72 Å². The smallest absolute Gasteiger partial charge is 0.233 e. The van der Waals surface area contributed by atoms with Crippen LogP contribution in [0.3, 0.4) is 0 Å². The number of imidazole rings is 1. The van der Waals surface area contributed by atoms with Gasteiger partial charge >= 0.3 is 0 Å². The molecular weight excluding hydrogens is 456 g/mol.